The minimum Gasteiger partial charge on any atom is -0.289 e. The molecule has 2 aromatic heterocycles. The fraction of sp³-hybridized carbons (Fsp3) is 0. The zero-order valence-electron chi connectivity index (χ0n) is 11.7. The van der Waals surface area contributed by atoms with Gasteiger partial charge in [0.15, 0.2) is 17.4 Å². The molecule has 0 atom stereocenters. The van der Waals surface area contributed by atoms with Crippen molar-refractivity contribution in [1.29, 1.82) is 0 Å². The molecule has 0 N–H and O–H groups in total. The molecule has 23 heavy (non-hydrogen) atoms. The first-order chi connectivity index (χ1) is 11.1. The lowest BCUT2D eigenvalue weighted by atomic mass is 10.1. The van der Waals surface area contributed by atoms with E-state index in [1.165, 1.54) is 29.6 Å². The van der Waals surface area contributed by atoms with E-state index in [9.17, 15) is 13.6 Å². The molecule has 0 amide bonds. The third-order valence-corrected chi connectivity index (χ3v) is 3.90. The molecule has 0 saturated carbocycles. The van der Waals surface area contributed by atoms with Crippen molar-refractivity contribution < 1.29 is 13.6 Å². The number of rotatable bonds is 4. The van der Waals surface area contributed by atoms with Crippen molar-refractivity contribution >= 4 is 23.2 Å². The number of benzene rings is 1. The van der Waals surface area contributed by atoms with E-state index in [0.29, 0.717) is 5.69 Å². The number of ketones is 1. The molecule has 1 aromatic carbocycles. The van der Waals surface area contributed by atoms with Gasteiger partial charge in [0.1, 0.15) is 5.01 Å². The monoisotopic (exact) mass is 328 g/mol. The second-order valence-corrected chi connectivity index (χ2v) is 5.48. The third-order valence-electron chi connectivity index (χ3n) is 3.02. The Bertz CT molecular complexity index is 875. The van der Waals surface area contributed by atoms with Crippen molar-refractivity contribution in [2.24, 2.45) is 0 Å². The topological polar surface area (TPSA) is 42.9 Å². The van der Waals surface area contributed by atoms with Gasteiger partial charge in [-0.05, 0) is 42.5 Å². The first kappa shape index (κ1) is 15.2. The lowest BCUT2D eigenvalue weighted by Gasteiger charge is -1.96. The number of hydrogen-bond donors (Lipinski definition) is 0. The van der Waals surface area contributed by atoms with Gasteiger partial charge in [-0.15, -0.1) is 11.3 Å². The van der Waals surface area contributed by atoms with Crippen LogP contribution >= 0.6 is 11.3 Å². The summed E-state index contributed by atoms with van der Waals surface area (Å²) in [6.45, 7) is 0. The fourth-order valence-corrected chi connectivity index (χ4v) is 2.64. The zero-order valence-corrected chi connectivity index (χ0v) is 12.6. The molecule has 6 heteroatoms. The number of halogens is 2. The molecule has 3 nitrogen and oxygen atoms in total. The lowest BCUT2D eigenvalue weighted by Crippen LogP contribution is -1.96. The largest absolute Gasteiger partial charge is 0.289 e. The first-order valence-corrected chi connectivity index (χ1v) is 7.56. The van der Waals surface area contributed by atoms with Crippen LogP contribution in [0.1, 0.15) is 16.1 Å². The van der Waals surface area contributed by atoms with Crippen molar-refractivity contribution in [3.05, 3.63) is 76.9 Å². The Morgan fingerprint density at radius 2 is 2.00 bits per heavy atom. The summed E-state index contributed by atoms with van der Waals surface area (Å²) in [6, 6.07) is 8.58. The second-order valence-electron chi connectivity index (χ2n) is 4.62. The van der Waals surface area contributed by atoms with Crippen LogP contribution in [0, 0.1) is 11.6 Å². The molecule has 0 aliphatic heterocycles. The van der Waals surface area contributed by atoms with Gasteiger partial charge in [0, 0.05) is 17.1 Å². The highest BCUT2D eigenvalue weighted by atomic mass is 32.1. The SMILES string of the molecule is O=C(C=Cc1csc(-c2ccccn2)n1)c1ccc(F)c(F)c1. The maximum absolute atomic E-state index is 13.1. The van der Waals surface area contributed by atoms with Crippen LogP contribution in [-0.2, 0) is 0 Å². The van der Waals surface area contributed by atoms with Gasteiger partial charge in [0.2, 0.25) is 0 Å². The Morgan fingerprint density at radius 1 is 1.13 bits per heavy atom. The molecule has 0 bridgehead atoms. The zero-order chi connectivity index (χ0) is 16.2. The number of allylic oxidation sites excluding steroid dienone is 1. The van der Waals surface area contributed by atoms with Crippen LogP contribution in [0.25, 0.3) is 16.8 Å². The summed E-state index contributed by atoms with van der Waals surface area (Å²) in [6.07, 6.45) is 4.50. The highest BCUT2D eigenvalue weighted by molar-refractivity contribution is 7.13. The van der Waals surface area contributed by atoms with Crippen LogP contribution in [0.4, 0.5) is 8.78 Å². The molecular formula is C17H10F2N2OS. The van der Waals surface area contributed by atoms with Gasteiger partial charge in [-0.3, -0.25) is 9.78 Å². The molecule has 0 unspecified atom stereocenters. The van der Waals surface area contributed by atoms with Crippen LogP contribution in [0.5, 0.6) is 0 Å². The van der Waals surface area contributed by atoms with E-state index in [1.807, 2.05) is 18.2 Å². The van der Waals surface area contributed by atoms with E-state index in [0.717, 1.165) is 22.8 Å². The maximum Gasteiger partial charge on any atom is 0.186 e. The van der Waals surface area contributed by atoms with E-state index in [1.54, 1.807) is 11.6 Å². The highest BCUT2D eigenvalue weighted by Gasteiger charge is 2.08. The number of thiazole rings is 1. The van der Waals surface area contributed by atoms with Gasteiger partial charge in [0.05, 0.1) is 11.4 Å². The average molecular weight is 328 g/mol. The predicted octanol–water partition coefficient (Wildman–Crippen LogP) is 4.38. The number of carbonyl (C=O) groups is 1. The van der Waals surface area contributed by atoms with Gasteiger partial charge in [0.25, 0.3) is 0 Å². The van der Waals surface area contributed by atoms with Crippen molar-refractivity contribution in [3.8, 4) is 10.7 Å². The number of aromatic nitrogens is 2. The molecule has 2 heterocycles. The van der Waals surface area contributed by atoms with Crippen molar-refractivity contribution in [1.82, 2.24) is 9.97 Å². The van der Waals surface area contributed by atoms with Crippen LogP contribution in [0.15, 0.2) is 54.1 Å². The van der Waals surface area contributed by atoms with E-state index in [4.69, 9.17) is 0 Å². The fourth-order valence-electron chi connectivity index (χ4n) is 1.88. The standard InChI is InChI=1S/C17H10F2N2OS/c18-13-6-4-11(9-14(13)19)16(22)7-5-12-10-23-17(21-12)15-3-1-2-8-20-15/h1-10H. The van der Waals surface area contributed by atoms with Crippen LogP contribution in [-0.4, -0.2) is 15.8 Å². The molecular weight excluding hydrogens is 318 g/mol. The molecule has 0 spiro atoms. The summed E-state index contributed by atoms with van der Waals surface area (Å²) in [5.41, 5.74) is 1.44. The normalized spacial score (nSPS) is 11.0. The Balaban J connectivity index is 1.76. The molecule has 3 aromatic rings. The molecule has 0 fully saturated rings. The van der Waals surface area contributed by atoms with E-state index in [2.05, 4.69) is 9.97 Å². The third kappa shape index (κ3) is 3.54. The maximum atomic E-state index is 13.1. The minimum atomic E-state index is -1.05. The Morgan fingerprint density at radius 3 is 2.74 bits per heavy atom. The van der Waals surface area contributed by atoms with Gasteiger partial charge < -0.3 is 0 Å². The predicted molar refractivity (Wildman–Crippen MR) is 85.1 cm³/mol. The Labute approximate surface area is 135 Å². The van der Waals surface area contributed by atoms with Gasteiger partial charge in [-0.1, -0.05) is 6.07 Å². The van der Waals surface area contributed by atoms with Gasteiger partial charge in [-0.2, -0.15) is 0 Å². The average Bonchev–Trinajstić information content (AvgIpc) is 3.05. The number of nitrogens with zero attached hydrogens (tertiary/aromatic N) is 2. The Kier molecular flexibility index (Phi) is 4.34. The van der Waals surface area contributed by atoms with E-state index >= 15 is 0 Å². The lowest BCUT2D eigenvalue weighted by molar-refractivity contribution is 0.104. The first-order valence-electron chi connectivity index (χ1n) is 6.68. The number of hydrogen-bond acceptors (Lipinski definition) is 4. The quantitative estimate of drug-likeness (QED) is 0.527. The van der Waals surface area contributed by atoms with Crippen LogP contribution in [0.3, 0.4) is 0 Å². The van der Waals surface area contributed by atoms with E-state index in [-0.39, 0.29) is 5.56 Å². The Hall–Kier alpha value is -2.73. The van der Waals surface area contributed by atoms with Crippen LogP contribution < -0.4 is 0 Å². The molecule has 0 radical (unpaired) electrons. The summed E-state index contributed by atoms with van der Waals surface area (Å²) >= 11 is 1.41. The van der Waals surface area contributed by atoms with E-state index < -0.39 is 17.4 Å². The molecule has 3 rings (SSSR count). The summed E-state index contributed by atoms with van der Waals surface area (Å²) in [4.78, 5) is 20.5. The summed E-state index contributed by atoms with van der Waals surface area (Å²) in [7, 11) is 0. The summed E-state index contributed by atoms with van der Waals surface area (Å²) in [5.74, 6) is -2.45. The molecule has 0 saturated heterocycles. The van der Waals surface area contributed by atoms with Crippen LogP contribution in [0.2, 0.25) is 0 Å². The summed E-state index contributed by atoms with van der Waals surface area (Å²) < 4.78 is 26.0. The second kappa shape index (κ2) is 6.58. The minimum absolute atomic E-state index is 0.0836. The van der Waals surface area contributed by atoms with Crippen molar-refractivity contribution in [2.75, 3.05) is 0 Å². The van der Waals surface area contributed by atoms with Crippen molar-refractivity contribution in [3.63, 3.8) is 0 Å². The molecule has 114 valence electrons. The number of pyridine rings is 1. The summed E-state index contributed by atoms with van der Waals surface area (Å²) in [5, 5.41) is 2.53. The molecule has 0 aliphatic rings. The van der Waals surface area contributed by atoms with Crippen molar-refractivity contribution in [2.45, 2.75) is 0 Å². The smallest absolute Gasteiger partial charge is 0.186 e. The number of carbonyl (C=O) groups excluding carboxylic acids is 1. The van der Waals surface area contributed by atoms with Gasteiger partial charge >= 0.3 is 0 Å². The molecule has 0 aliphatic carbocycles. The highest BCUT2D eigenvalue weighted by Crippen LogP contribution is 2.22. The van der Waals surface area contributed by atoms with Gasteiger partial charge in [-0.25, -0.2) is 13.8 Å².